The average molecular weight is 306 g/mol. The molecule has 1 aromatic heterocycles. The Hall–Kier alpha value is -2.18. The van der Waals surface area contributed by atoms with Gasteiger partial charge in [0.1, 0.15) is 6.04 Å². The van der Waals surface area contributed by atoms with E-state index in [1.807, 2.05) is 0 Å². The molecule has 1 fully saturated rings. The van der Waals surface area contributed by atoms with Gasteiger partial charge in [0.05, 0.1) is 0 Å². The molecule has 0 bridgehead atoms. The van der Waals surface area contributed by atoms with Crippen molar-refractivity contribution in [3.8, 4) is 0 Å². The molecule has 7 nitrogen and oxygen atoms in total. The van der Waals surface area contributed by atoms with E-state index in [0.29, 0.717) is 12.3 Å². The van der Waals surface area contributed by atoms with Gasteiger partial charge in [-0.2, -0.15) is 5.10 Å². The maximum absolute atomic E-state index is 12.0. The Kier molecular flexibility index (Phi) is 5.68. The highest BCUT2D eigenvalue weighted by Crippen LogP contribution is 2.26. The standard InChI is InChI=1S/C15H22N4O3/c1-10(15(22)17-12-7-8-13(20)19-18-12)16-14(21)9-11-5-3-2-4-6-11/h7-8,10-11H,2-6,9H2,1H3,(H,16,21)(H,19,20)(H,17,18,22)/t10-/m1/s1. The number of carbonyl (C=O) groups excluding carboxylic acids is 2. The molecule has 7 heteroatoms. The van der Waals surface area contributed by atoms with Gasteiger partial charge in [-0.25, -0.2) is 5.10 Å². The zero-order valence-electron chi connectivity index (χ0n) is 12.7. The Labute approximate surface area is 128 Å². The van der Waals surface area contributed by atoms with E-state index in [4.69, 9.17) is 0 Å². The van der Waals surface area contributed by atoms with Gasteiger partial charge in [0.15, 0.2) is 5.82 Å². The molecule has 1 aromatic rings. The van der Waals surface area contributed by atoms with Crippen LogP contribution in [0, 0.1) is 5.92 Å². The Morgan fingerprint density at radius 3 is 2.68 bits per heavy atom. The van der Waals surface area contributed by atoms with Crippen LogP contribution in [-0.4, -0.2) is 28.1 Å². The van der Waals surface area contributed by atoms with Crippen LogP contribution >= 0.6 is 0 Å². The first kappa shape index (κ1) is 16.2. The number of carbonyl (C=O) groups is 2. The Morgan fingerprint density at radius 1 is 1.32 bits per heavy atom. The molecule has 3 N–H and O–H groups in total. The fourth-order valence-electron chi connectivity index (χ4n) is 2.67. The van der Waals surface area contributed by atoms with Crippen LogP contribution in [-0.2, 0) is 9.59 Å². The van der Waals surface area contributed by atoms with E-state index in [1.165, 1.54) is 31.4 Å². The number of nitrogens with one attached hydrogen (secondary N) is 3. The molecule has 0 radical (unpaired) electrons. The van der Waals surface area contributed by atoms with Crippen molar-refractivity contribution in [3.63, 3.8) is 0 Å². The Bertz CT molecular complexity index is 558. The van der Waals surface area contributed by atoms with Crippen molar-refractivity contribution in [2.45, 2.75) is 51.5 Å². The molecule has 1 saturated carbocycles. The van der Waals surface area contributed by atoms with Crippen molar-refractivity contribution in [1.29, 1.82) is 0 Å². The van der Waals surface area contributed by atoms with E-state index < -0.39 is 6.04 Å². The van der Waals surface area contributed by atoms with Crippen molar-refractivity contribution < 1.29 is 9.59 Å². The smallest absolute Gasteiger partial charge is 0.264 e. The molecular formula is C15H22N4O3. The number of hydrogen-bond acceptors (Lipinski definition) is 4. The summed E-state index contributed by atoms with van der Waals surface area (Å²) in [5.74, 6) is 0.225. The molecule has 0 unspecified atom stereocenters. The van der Waals surface area contributed by atoms with Crippen LogP contribution < -0.4 is 16.2 Å². The topological polar surface area (TPSA) is 104 Å². The van der Waals surface area contributed by atoms with Crippen LogP contribution in [0.15, 0.2) is 16.9 Å². The molecule has 0 aliphatic heterocycles. The average Bonchev–Trinajstić information content (AvgIpc) is 2.50. The van der Waals surface area contributed by atoms with Gasteiger partial charge in [0.2, 0.25) is 11.8 Å². The van der Waals surface area contributed by atoms with Crippen LogP contribution in [0.5, 0.6) is 0 Å². The van der Waals surface area contributed by atoms with Crippen molar-refractivity contribution in [1.82, 2.24) is 15.5 Å². The van der Waals surface area contributed by atoms with Gasteiger partial charge in [0.25, 0.3) is 5.56 Å². The van der Waals surface area contributed by atoms with E-state index in [9.17, 15) is 14.4 Å². The summed E-state index contributed by atoms with van der Waals surface area (Å²) in [6.45, 7) is 1.62. The number of amides is 2. The summed E-state index contributed by atoms with van der Waals surface area (Å²) in [5.41, 5.74) is -0.341. The second-order valence-electron chi connectivity index (χ2n) is 5.79. The molecule has 22 heavy (non-hydrogen) atoms. The summed E-state index contributed by atoms with van der Waals surface area (Å²) < 4.78 is 0. The van der Waals surface area contributed by atoms with Crippen LogP contribution in [0.2, 0.25) is 0 Å². The number of anilines is 1. The van der Waals surface area contributed by atoms with Gasteiger partial charge >= 0.3 is 0 Å². The monoisotopic (exact) mass is 306 g/mol. The Morgan fingerprint density at radius 2 is 2.05 bits per heavy atom. The fraction of sp³-hybridized carbons (Fsp3) is 0.600. The SMILES string of the molecule is C[C@@H](NC(=O)CC1CCCCC1)C(=O)Nc1ccc(=O)[nH]n1. The number of hydrogen-bond donors (Lipinski definition) is 3. The number of aromatic amines is 1. The predicted molar refractivity (Wildman–Crippen MR) is 82.3 cm³/mol. The van der Waals surface area contributed by atoms with E-state index in [-0.39, 0.29) is 23.2 Å². The van der Waals surface area contributed by atoms with Gasteiger partial charge in [-0.15, -0.1) is 0 Å². The van der Waals surface area contributed by atoms with Crippen LogP contribution in [0.3, 0.4) is 0 Å². The molecule has 0 spiro atoms. The third-order valence-electron chi connectivity index (χ3n) is 3.90. The zero-order chi connectivity index (χ0) is 15.9. The third kappa shape index (κ3) is 4.98. The quantitative estimate of drug-likeness (QED) is 0.760. The van der Waals surface area contributed by atoms with Crippen molar-refractivity contribution >= 4 is 17.6 Å². The lowest BCUT2D eigenvalue weighted by Crippen LogP contribution is -2.42. The zero-order valence-corrected chi connectivity index (χ0v) is 12.7. The van der Waals surface area contributed by atoms with E-state index in [1.54, 1.807) is 6.92 Å². The molecule has 1 aliphatic carbocycles. The highest BCUT2D eigenvalue weighted by Gasteiger charge is 2.20. The highest BCUT2D eigenvalue weighted by atomic mass is 16.2. The number of H-pyrrole nitrogens is 1. The second kappa shape index (κ2) is 7.72. The number of aromatic nitrogens is 2. The molecule has 2 rings (SSSR count). The lowest BCUT2D eigenvalue weighted by atomic mass is 9.87. The minimum absolute atomic E-state index is 0.0935. The minimum Gasteiger partial charge on any atom is -0.345 e. The molecule has 2 amide bonds. The molecular weight excluding hydrogens is 284 g/mol. The van der Waals surface area contributed by atoms with Gasteiger partial charge < -0.3 is 10.6 Å². The van der Waals surface area contributed by atoms with Gasteiger partial charge in [0, 0.05) is 12.5 Å². The first-order chi connectivity index (χ1) is 10.5. The second-order valence-corrected chi connectivity index (χ2v) is 5.79. The van der Waals surface area contributed by atoms with Gasteiger partial charge in [-0.05, 0) is 31.7 Å². The fourth-order valence-corrected chi connectivity index (χ4v) is 2.67. The normalized spacial score (nSPS) is 16.8. The lowest BCUT2D eigenvalue weighted by Gasteiger charge is -2.22. The van der Waals surface area contributed by atoms with E-state index in [0.717, 1.165) is 12.8 Å². The largest absolute Gasteiger partial charge is 0.345 e. The van der Waals surface area contributed by atoms with Crippen molar-refractivity contribution in [2.24, 2.45) is 5.92 Å². The summed E-state index contributed by atoms with van der Waals surface area (Å²) in [4.78, 5) is 34.8. The summed E-state index contributed by atoms with van der Waals surface area (Å²) in [5, 5.41) is 11.2. The van der Waals surface area contributed by atoms with E-state index >= 15 is 0 Å². The molecule has 1 aliphatic rings. The lowest BCUT2D eigenvalue weighted by molar-refractivity contribution is -0.127. The maximum atomic E-state index is 12.0. The maximum Gasteiger partial charge on any atom is 0.264 e. The molecule has 1 heterocycles. The predicted octanol–water partition coefficient (Wildman–Crippen LogP) is 1.18. The Balaban J connectivity index is 1.78. The van der Waals surface area contributed by atoms with Crippen molar-refractivity contribution in [3.05, 3.63) is 22.5 Å². The first-order valence-corrected chi connectivity index (χ1v) is 7.70. The van der Waals surface area contributed by atoms with Crippen LogP contribution in [0.4, 0.5) is 5.82 Å². The molecule has 1 atom stereocenters. The van der Waals surface area contributed by atoms with Crippen molar-refractivity contribution in [2.75, 3.05) is 5.32 Å². The molecule has 120 valence electrons. The van der Waals surface area contributed by atoms with Gasteiger partial charge in [-0.1, -0.05) is 19.3 Å². The highest BCUT2D eigenvalue weighted by molar-refractivity contribution is 5.96. The van der Waals surface area contributed by atoms with E-state index in [2.05, 4.69) is 20.8 Å². The minimum atomic E-state index is -0.648. The number of nitrogens with zero attached hydrogens (tertiary/aromatic N) is 1. The molecule has 0 saturated heterocycles. The summed E-state index contributed by atoms with van der Waals surface area (Å²) in [7, 11) is 0. The first-order valence-electron chi connectivity index (χ1n) is 7.70. The number of rotatable bonds is 5. The van der Waals surface area contributed by atoms with Crippen LogP contribution in [0.25, 0.3) is 0 Å². The summed E-state index contributed by atoms with van der Waals surface area (Å²) in [6.07, 6.45) is 6.29. The van der Waals surface area contributed by atoms with Crippen LogP contribution in [0.1, 0.15) is 45.4 Å². The summed E-state index contributed by atoms with van der Waals surface area (Å²) >= 11 is 0. The molecule has 0 aromatic carbocycles. The third-order valence-corrected chi connectivity index (χ3v) is 3.90. The summed E-state index contributed by atoms with van der Waals surface area (Å²) in [6, 6.07) is 2.03. The van der Waals surface area contributed by atoms with Gasteiger partial charge in [-0.3, -0.25) is 14.4 Å².